The fourth-order valence-corrected chi connectivity index (χ4v) is 1.99. The maximum atomic E-state index is 5.97. The molecule has 16 heavy (non-hydrogen) atoms. The number of halogens is 1. The number of ether oxygens (including phenoxy) is 1. The van der Waals surface area contributed by atoms with Crippen molar-refractivity contribution in [1.82, 2.24) is 0 Å². The molecule has 1 aromatic carbocycles. The molecule has 1 fully saturated rings. The van der Waals surface area contributed by atoms with E-state index in [4.69, 9.17) is 4.74 Å². The first kappa shape index (κ1) is 14.2. The van der Waals surface area contributed by atoms with Gasteiger partial charge in [-0.3, -0.25) is 0 Å². The van der Waals surface area contributed by atoms with Crippen molar-refractivity contribution in [3.8, 4) is 5.75 Å². The van der Waals surface area contributed by atoms with Crippen LogP contribution in [0.1, 0.15) is 37.7 Å². The number of aryl methyl sites for hydroxylation is 1. The number of hydrogen-bond acceptors (Lipinski definition) is 1. The Balaban J connectivity index is 0.000000606. The molecule has 1 saturated carbocycles. The van der Waals surface area contributed by atoms with E-state index in [-0.39, 0.29) is 0 Å². The van der Waals surface area contributed by atoms with E-state index in [0.29, 0.717) is 6.10 Å². The van der Waals surface area contributed by atoms with Gasteiger partial charge >= 0.3 is 30.0 Å². The zero-order valence-electron chi connectivity index (χ0n) is 9.84. The van der Waals surface area contributed by atoms with Gasteiger partial charge in [0.2, 0.25) is 0 Å². The van der Waals surface area contributed by atoms with Crippen molar-refractivity contribution in [3.05, 3.63) is 29.8 Å². The van der Waals surface area contributed by atoms with Crippen molar-refractivity contribution in [3.63, 3.8) is 0 Å². The molecule has 1 aliphatic carbocycles. The molecule has 0 spiro atoms. The van der Waals surface area contributed by atoms with Crippen LogP contribution in [-0.4, -0.2) is 6.10 Å². The molecule has 2 rings (SSSR count). The molecule has 84 valence electrons. The van der Waals surface area contributed by atoms with Crippen LogP contribution in [-0.2, 0) is 16.3 Å². The Morgan fingerprint density at radius 2 is 2.00 bits per heavy atom. The van der Waals surface area contributed by atoms with Crippen LogP contribution in [0.2, 0.25) is 0 Å². The molecule has 0 heterocycles. The van der Waals surface area contributed by atoms with Gasteiger partial charge in [-0.2, -0.15) is 18.2 Å². The Bertz CT molecular complexity index is 298. The van der Waals surface area contributed by atoms with Crippen LogP contribution in [0.25, 0.3) is 0 Å². The first-order chi connectivity index (χ1) is 7.86. The minimum atomic E-state index is 0.449. The standard InChI is InChI=1S/C13H17O.BrH.Zn/c1-11-7-5-6-10-13(11)14-12-8-3-2-4-9-12;;/h6-7,10,12H,2-4,8-9H2,1H3;1H;/q-1;;+2/p-1. The van der Waals surface area contributed by atoms with Gasteiger partial charge in [-0.1, -0.05) is 13.3 Å². The number of benzene rings is 1. The van der Waals surface area contributed by atoms with Gasteiger partial charge in [-0.05, 0) is 25.7 Å². The van der Waals surface area contributed by atoms with Crippen LogP contribution in [0, 0.1) is 13.0 Å². The van der Waals surface area contributed by atoms with Crippen molar-refractivity contribution in [2.24, 2.45) is 0 Å². The Morgan fingerprint density at radius 3 is 2.62 bits per heavy atom. The molecule has 0 N–H and O–H groups in total. The van der Waals surface area contributed by atoms with Crippen LogP contribution < -0.4 is 4.74 Å². The molecular formula is C13H17BrOZn. The molecule has 0 saturated heterocycles. The van der Waals surface area contributed by atoms with Crippen LogP contribution in [0.5, 0.6) is 5.75 Å². The zero-order chi connectivity index (χ0) is 11.8. The van der Waals surface area contributed by atoms with Gasteiger partial charge < -0.3 is 4.74 Å². The normalized spacial score (nSPS) is 16.2. The number of rotatable bonds is 2. The first-order valence-corrected chi connectivity index (χ1v) is 12.7. The van der Waals surface area contributed by atoms with E-state index in [9.17, 15) is 0 Å². The molecule has 0 atom stereocenters. The topological polar surface area (TPSA) is 9.23 Å². The molecular weight excluding hydrogens is 317 g/mol. The summed E-state index contributed by atoms with van der Waals surface area (Å²) in [5, 5.41) is 0. The van der Waals surface area contributed by atoms with Gasteiger partial charge in [0.15, 0.2) is 0 Å². The summed E-state index contributed by atoms with van der Waals surface area (Å²) in [6, 6.07) is 8.98. The van der Waals surface area contributed by atoms with Crippen LogP contribution in [0.3, 0.4) is 0 Å². The quantitative estimate of drug-likeness (QED) is 0.577. The molecule has 1 aromatic rings. The molecule has 1 aliphatic rings. The zero-order valence-corrected chi connectivity index (χ0v) is 14.4. The average Bonchev–Trinajstić information content (AvgIpc) is 2.36. The summed E-state index contributed by atoms with van der Waals surface area (Å²) in [6.45, 7) is 2.08. The third-order valence-electron chi connectivity index (χ3n) is 2.87. The van der Waals surface area contributed by atoms with E-state index < -0.39 is 0 Å². The summed E-state index contributed by atoms with van der Waals surface area (Å²) in [7, 11) is 0. The van der Waals surface area contributed by atoms with E-state index in [0.717, 1.165) is 5.75 Å². The van der Waals surface area contributed by atoms with E-state index in [1.54, 1.807) is 0 Å². The van der Waals surface area contributed by atoms with Gasteiger partial charge in [0, 0.05) is 5.75 Å². The van der Waals surface area contributed by atoms with E-state index in [1.807, 2.05) is 18.2 Å². The van der Waals surface area contributed by atoms with Crippen LogP contribution in [0.15, 0.2) is 18.2 Å². The predicted octanol–water partition coefficient (Wildman–Crippen LogP) is 4.35. The van der Waals surface area contributed by atoms with Crippen LogP contribution >= 0.6 is 13.6 Å². The molecule has 0 unspecified atom stereocenters. The molecule has 0 amide bonds. The molecule has 1 nitrogen and oxygen atoms in total. The Morgan fingerprint density at radius 1 is 1.31 bits per heavy atom. The number of hydrogen-bond donors (Lipinski definition) is 0. The molecule has 0 aromatic heterocycles. The molecule has 0 bridgehead atoms. The monoisotopic (exact) mass is 332 g/mol. The van der Waals surface area contributed by atoms with E-state index in [2.05, 4.69) is 26.6 Å². The second-order valence-electron chi connectivity index (χ2n) is 4.07. The summed E-state index contributed by atoms with van der Waals surface area (Å²) < 4.78 is 5.97. The Labute approximate surface area is 115 Å². The molecule has 0 radical (unpaired) electrons. The van der Waals surface area contributed by atoms with Crippen molar-refractivity contribution < 1.29 is 21.1 Å². The van der Waals surface area contributed by atoms with E-state index in [1.165, 1.54) is 54.0 Å². The third kappa shape index (κ3) is 4.55. The molecule has 0 aliphatic heterocycles. The summed E-state index contributed by atoms with van der Waals surface area (Å²) in [4.78, 5) is 0. The van der Waals surface area contributed by atoms with E-state index >= 15 is 0 Å². The van der Waals surface area contributed by atoms with Crippen LogP contribution in [0.4, 0.5) is 0 Å². The second-order valence-corrected chi connectivity index (χ2v) is 4.07. The van der Waals surface area contributed by atoms with Gasteiger partial charge in [0.1, 0.15) is 0 Å². The Hall–Kier alpha value is 0.123. The van der Waals surface area contributed by atoms with Crippen molar-refractivity contribution in [1.29, 1.82) is 0 Å². The van der Waals surface area contributed by atoms with Crippen molar-refractivity contribution in [2.45, 2.75) is 45.1 Å². The summed E-state index contributed by atoms with van der Waals surface area (Å²) in [5.41, 5.74) is 1.19. The maximum absolute atomic E-state index is 5.97. The summed E-state index contributed by atoms with van der Waals surface area (Å²) in [6.07, 6.45) is 6.91. The van der Waals surface area contributed by atoms with Crippen molar-refractivity contribution >= 4 is 13.6 Å². The first-order valence-electron chi connectivity index (χ1n) is 5.76. The molecule has 3 heteroatoms. The van der Waals surface area contributed by atoms with Gasteiger partial charge in [0.25, 0.3) is 0 Å². The third-order valence-corrected chi connectivity index (χ3v) is 2.87. The minimum absolute atomic E-state index is 0.449. The SMILES string of the molecule is Cc1c[c-]ccc1OC1CCCCC1.[Zn+][Br]. The Kier molecular flexibility index (Phi) is 7.31. The van der Waals surface area contributed by atoms with Gasteiger partial charge in [-0.15, -0.1) is 11.6 Å². The summed E-state index contributed by atoms with van der Waals surface area (Å²) >= 11 is 4.25. The van der Waals surface area contributed by atoms with Gasteiger partial charge in [-0.25, -0.2) is 0 Å². The summed E-state index contributed by atoms with van der Waals surface area (Å²) in [5.74, 6) is 1.04. The van der Waals surface area contributed by atoms with Crippen molar-refractivity contribution in [2.75, 3.05) is 0 Å². The second kappa shape index (κ2) is 8.25. The predicted molar refractivity (Wildman–Crippen MR) is 66.4 cm³/mol. The fraction of sp³-hybridized carbons (Fsp3) is 0.538. The van der Waals surface area contributed by atoms with Gasteiger partial charge in [0.05, 0.1) is 6.10 Å². The fourth-order valence-electron chi connectivity index (χ4n) is 1.99. The average molecular weight is 335 g/mol.